The lowest BCUT2D eigenvalue weighted by atomic mass is 9.95. The normalized spacial score (nSPS) is 12.0. The van der Waals surface area contributed by atoms with Crippen molar-refractivity contribution >= 4 is 16.0 Å². The Morgan fingerprint density at radius 3 is 1.67 bits per heavy atom. The first kappa shape index (κ1) is 17.7. The van der Waals surface area contributed by atoms with Gasteiger partial charge < -0.3 is 5.11 Å². The van der Waals surface area contributed by atoms with Crippen molar-refractivity contribution in [2.45, 2.75) is 46.4 Å². The molecule has 1 N–H and O–H groups in total. The summed E-state index contributed by atoms with van der Waals surface area (Å²) in [5, 5.41) is 8.91. The van der Waals surface area contributed by atoms with Gasteiger partial charge in [0.2, 0.25) is 10.0 Å². The average molecular weight is 313 g/mol. The third-order valence-corrected chi connectivity index (χ3v) is 6.39. The standard InChI is InChI=1S/C15H23NO4S/c1-7-16(8-14(17)18)21(19,20)15-12(5)10(3)9(2)11(4)13(15)6/h7-8H2,1-6H3,(H,17,18). The van der Waals surface area contributed by atoms with E-state index in [2.05, 4.69) is 0 Å². The van der Waals surface area contributed by atoms with Crippen LogP contribution in [0.25, 0.3) is 0 Å². The minimum Gasteiger partial charge on any atom is -0.480 e. The number of sulfonamides is 1. The Hall–Kier alpha value is -1.40. The number of likely N-dealkylation sites (N-methyl/N-ethyl adjacent to an activating group) is 1. The number of carbonyl (C=O) groups is 1. The molecule has 0 fully saturated rings. The predicted octanol–water partition coefficient (Wildman–Crippen LogP) is 2.32. The summed E-state index contributed by atoms with van der Waals surface area (Å²) >= 11 is 0. The van der Waals surface area contributed by atoms with E-state index in [1.807, 2.05) is 20.8 Å². The molecule has 0 bridgehead atoms. The molecule has 0 radical (unpaired) electrons. The first-order valence-corrected chi connectivity index (χ1v) is 8.28. The highest BCUT2D eigenvalue weighted by atomic mass is 32.2. The molecule has 0 unspecified atom stereocenters. The molecule has 5 nitrogen and oxygen atoms in total. The van der Waals surface area contributed by atoms with Crippen LogP contribution in [0.1, 0.15) is 34.7 Å². The van der Waals surface area contributed by atoms with Gasteiger partial charge in [0.05, 0.1) is 4.90 Å². The van der Waals surface area contributed by atoms with Crippen LogP contribution in [0.15, 0.2) is 4.90 Å². The molecule has 0 atom stereocenters. The Balaban J connectivity index is 3.62. The largest absolute Gasteiger partial charge is 0.480 e. The molecule has 1 aromatic carbocycles. The molecule has 0 heterocycles. The highest BCUT2D eigenvalue weighted by molar-refractivity contribution is 7.89. The van der Waals surface area contributed by atoms with Crippen molar-refractivity contribution in [3.63, 3.8) is 0 Å². The van der Waals surface area contributed by atoms with Gasteiger partial charge in [0.15, 0.2) is 0 Å². The fraction of sp³-hybridized carbons (Fsp3) is 0.533. The molecule has 0 aromatic heterocycles. The summed E-state index contributed by atoms with van der Waals surface area (Å²) in [6, 6.07) is 0. The third-order valence-electron chi connectivity index (χ3n) is 4.19. The van der Waals surface area contributed by atoms with Gasteiger partial charge in [-0.2, -0.15) is 4.31 Å². The Bertz CT molecular complexity index is 648. The zero-order valence-electron chi connectivity index (χ0n) is 13.4. The van der Waals surface area contributed by atoms with E-state index in [-0.39, 0.29) is 11.4 Å². The molecular formula is C15H23NO4S. The van der Waals surface area contributed by atoms with E-state index in [0.717, 1.165) is 21.0 Å². The Labute approximate surface area is 126 Å². The SMILES string of the molecule is CCN(CC(=O)O)S(=O)(=O)c1c(C)c(C)c(C)c(C)c1C. The van der Waals surface area contributed by atoms with E-state index in [9.17, 15) is 13.2 Å². The molecular weight excluding hydrogens is 290 g/mol. The molecule has 1 rings (SSSR count). The molecule has 0 saturated carbocycles. The van der Waals surface area contributed by atoms with Crippen LogP contribution in [-0.2, 0) is 14.8 Å². The minimum atomic E-state index is -3.82. The van der Waals surface area contributed by atoms with Gasteiger partial charge in [-0.15, -0.1) is 0 Å². The second kappa shape index (κ2) is 6.15. The van der Waals surface area contributed by atoms with E-state index >= 15 is 0 Å². The van der Waals surface area contributed by atoms with Crippen LogP contribution in [0.5, 0.6) is 0 Å². The molecule has 6 heteroatoms. The van der Waals surface area contributed by atoms with Crippen molar-refractivity contribution in [1.29, 1.82) is 0 Å². The van der Waals surface area contributed by atoms with Gasteiger partial charge >= 0.3 is 5.97 Å². The molecule has 0 aliphatic rings. The number of rotatable bonds is 5. The van der Waals surface area contributed by atoms with E-state index < -0.39 is 22.5 Å². The first-order valence-electron chi connectivity index (χ1n) is 6.84. The molecule has 0 amide bonds. The van der Waals surface area contributed by atoms with Gasteiger partial charge in [0.25, 0.3) is 0 Å². The van der Waals surface area contributed by atoms with Gasteiger partial charge in [-0.25, -0.2) is 8.42 Å². The Kier molecular flexibility index (Phi) is 5.17. The topological polar surface area (TPSA) is 74.7 Å². The zero-order valence-corrected chi connectivity index (χ0v) is 14.3. The van der Waals surface area contributed by atoms with Crippen molar-refractivity contribution in [3.8, 4) is 0 Å². The maximum atomic E-state index is 12.8. The fourth-order valence-corrected chi connectivity index (χ4v) is 4.46. The van der Waals surface area contributed by atoms with Crippen LogP contribution in [0.4, 0.5) is 0 Å². The van der Waals surface area contributed by atoms with Gasteiger partial charge in [-0.05, 0) is 62.4 Å². The van der Waals surface area contributed by atoms with E-state index in [1.54, 1.807) is 20.8 Å². The number of hydrogen-bond acceptors (Lipinski definition) is 3. The second-order valence-electron chi connectivity index (χ2n) is 5.28. The van der Waals surface area contributed by atoms with Crippen molar-refractivity contribution < 1.29 is 18.3 Å². The molecule has 0 aliphatic heterocycles. The van der Waals surface area contributed by atoms with Gasteiger partial charge in [0, 0.05) is 6.54 Å². The number of nitrogens with zero attached hydrogens (tertiary/aromatic N) is 1. The highest BCUT2D eigenvalue weighted by Crippen LogP contribution is 2.31. The van der Waals surface area contributed by atoms with Crippen LogP contribution in [-0.4, -0.2) is 36.9 Å². The van der Waals surface area contributed by atoms with Crippen LogP contribution in [0, 0.1) is 34.6 Å². The van der Waals surface area contributed by atoms with Crippen LogP contribution in [0.2, 0.25) is 0 Å². The summed E-state index contributed by atoms with van der Waals surface area (Å²) in [4.78, 5) is 11.1. The monoisotopic (exact) mass is 313 g/mol. The lowest BCUT2D eigenvalue weighted by Gasteiger charge is -2.24. The van der Waals surface area contributed by atoms with Crippen LogP contribution >= 0.6 is 0 Å². The van der Waals surface area contributed by atoms with E-state index in [0.29, 0.717) is 11.1 Å². The highest BCUT2D eigenvalue weighted by Gasteiger charge is 2.30. The molecule has 0 spiro atoms. The van der Waals surface area contributed by atoms with Crippen molar-refractivity contribution in [2.24, 2.45) is 0 Å². The first-order chi connectivity index (χ1) is 9.55. The lowest BCUT2D eigenvalue weighted by molar-refractivity contribution is -0.137. The number of carboxylic acids is 1. The summed E-state index contributed by atoms with van der Waals surface area (Å²) < 4.78 is 26.6. The summed E-state index contributed by atoms with van der Waals surface area (Å²) in [6.07, 6.45) is 0. The van der Waals surface area contributed by atoms with Gasteiger partial charge in [0.1, 0.15) is 6.54 Å². The molecule has 0 saturated heterocycles. The summed E-state index contributed by atoms with van der Waals surface area (Å²) in [7, 11) is -3.82. The maximum absolute atomic E-state index is 12.8. The quantitative estimate of drug-likeness (QED) is 0.905. The Morgan fingerprint density at radius 2 is 1.33 bits per heavy atom. The zero-order chi connectivity index (χ0) is 16.5. The van der Waals surface area contributed by atoms with Gasteiger partial charge in [-0.1, -0.05) is 6.92 Å². The summed E-state index contributed by atoms with van der Waals surface area (Å²) in [6.45, 7) is 10.5. The lowest BCUT2D eigenvalue weighted by Crippen LogP contribution is -2.36. The third kappa shape index (κ3) is 3.11. The molecule has 1 aromatic rings. The number of hydrogen-bond donors (Lipinski definition) is 1. The van der Waals surface area contributed by atoms with E-state index in [4.69, 9.17) is 5.11 Å². The summed E-state index contributed by atoms with van der Waals surface area (Å²) in [5.41, 5.74) is 4.33. The van der Waals surface area contributed by atoms with Crippen molar-refractivity contribution in [2.75, 3.05) is 13.1 Å². The fourth-order valence-electron chi connectivity index (χ4n) is 2.50. The van der Waals surface area contributed by atoms with Crippen LogP contribution < -0.4 is 0 Å². The Morgan fingerprint density at radius 1 is 0.952 bits per heavy atom. The number of aliphatic carboxylic acids is 1. The molecule has 0 aliphatic carbocycles. The molecule has 118 valence electrons. The van der Waals surface area contributed by atoms with E-state index in [1.165, 1.54) is 0 Å². The van der Waals surface area contributed by atoms with Crippen LogP contribution in [0.3, 0.4) is 0 Å². The smallest absolute Gasteiger partial charge is 0.318 e. The van der Waals surface area contributed by atoms with Crippen molar-refractivity contribution in [1.82, 2.24) is 4.31 Å². The van der Waals surface area contributed by atoms with Crippen molar-refractivity contribution in [3.05, 3.63) is 27.8 Å². The average Bonchev–Trinajstić information content (AvgIpc) is 2.39. The second-order valence-corrected chi connectivity index (χ2v) is 7.15. The summed E-state index contributed by atoms with van der Waals surface area (Å²) in [5.74, 6) is -1.16. The number of benzene rings is 1. The minimum absolute atomic E-state index is 0.124. The predicted molar refractivity (Wildman–Crippen MR) is 82.2 cm³/mol. The van der Waals surface area contributed by atoms with Gasteiger partial charge in [-0.3, -0.25) is 4.79 Å². The maximum Gasteiger partial charge on any atom is 0.318 e. The molecule has 21 heavy (non-hydrogen) atoms. The number of carboxylic acid groups (broad SMARTS) is 1.